The van der Waals surface area contributed by atoms with Gasteiger partial charge in [-0.1, -0.05) is 30.2 Å². The number of benzene rings is 1. The highest BCUT2D eigenvalue weighted by Gasteiger charge is 2.18. The van der Waals surface area contributed by atoms with Crippen LogP contribution in [0.25, 0.3) is 0 Å². The van der Waals surface area contributed by atoms with Crippen LogP contribution in [0.2, 0.25) is 5.02 Å². The van der Waals surface area contributed by atoms with Gasteiger partial charge < -0.3 is 4.90 Å². The van der Waals surface area contributed by atoms with Gasteiger partial charge in [-0.15, -0.1) is 0 Å². The van der Waals surface area contributed by atoms with Crippen molar-refractivity contribution in [2.75, 3.05) is 52.4 Å². The number of likely N-dealkylation sites (tertiary alicyclic amines) is 1. The predicted molar refractivity (Wildman–Crippen MR) is 93.5 cm³/mol. The van der Waals surface area contributed by atoms with Crippen molar-refractivity contribution < 1.29 is 0 Å². The van der Waals surface area contributed by atoms with Gasteiger partial charge in [0.25, 0.3) is 0 Å². The number of rotatable bonds is 5. The van der Waals surface area contributed by atoms with Gasteiger partial charge in [0.05, 0.1) is 0 Å². The van der Waals surface area contributed by atoms with Crippen LogP contribution >= 0.6 is 11.6 Å². The molecule has 0 atom stereocenters. The van der Waals surface area contributed by atoms with Gasteiger partial charge in [-0.3, -0.25) is 9.80 Å². The van der Waals surface area contributed by atoms with E-state index in [1.807, 2.05) is 12.1 Å². The second-order valence-corrected chi connectivity index (χ2v) is 7.08. The lowest BCUT2D eigenvalue weighted by Crippen LogP contribution is -2.48. The molecule has 0 bridgehead atoms. The molecule has 0 unspecified atom stereocenters. The van der Waals surface area contributed by atoms with Gasteiger partial charge >= 0.3 is 0 Å². The third-order valence-corrected chi connectivity index (χ3v) is 5.22. The minimum Gasteiger partial charge on any atom is -0.302 e. The Morgan fingerprint density at radius 1 is 0.682 bits per heavy atom. The van der Waals surface area contributed by atoms with E-state index in [9.17, 15) is 0 Å². The summed E-state index contributed by atoms with van der Waals surface area (Å²) in [7, 11) is 0. The Balaban J connectivity index is 1.36. The molecule has 122 valence electrons. The van der Waals surface area contributed by atoms with Crippen LogP contribution in [0.4, 0.5) is 0 Å². The molecule has 2 aliphatic heterocycles. The van der Waals surface area contributed by atoms with Gasteiger partial charge in [0.2, 0.25) is 0 Å². The summed E-state index contributed by atoms with van der Waals surface area (Å²) in [6.45, 7) is 11.0. The third-order valence-electron chi connectivity index (χ3n) is 4.97. The van der Waals surface area contributed by atoms with E-state index in [4.69, 9.17) is 11.6 Å². The van der Waals surface area contributed by atoms with Gasteiger partial charge in [-0.05, 0) is 43.6 Å². The maximum atomic E-state index is 5.95. The highest BCUT2D eigenvalue weighted by Crippen LogP contribution is 2.13. The van der Waals surface area contributed by atoms with E-state index >= 15 is 0 Å². The normalized spacial score (nSPS) is 22.0. The van der Waals surface area contributed by atoms with Crippen molar-refractivity contribution in [1.29, 1.82) is 0 Å². The number of piperidine rings is 1. The van der Waals surface area contributed by atoms with Crippen LogP contribution in [0.5, 0.6) is 0 Å². The van der Waals surface area contributed by atoms with Crippen LogP contribution in [0, 0.1) is 0 Å². The number of nitrogens with zero attached hydrogens (tertiary/aromatic N) is 3. The number of halogens is 1. The SMILES string of the molecule is Clc1ccc(CN2CCN(CCN3CCCCC3)CC2)cc1. The summed E-state index contributed by atoms with van der Waals surface area (Å²) in [6, 6.07) is 8.27. The van der Waals surface area contributed by atoms with Crippen LogP contribution in [-0.2, 0) is 6.54 Å². The van der Waals surface area contributed by atoms with Crippen LogP contribution in [0.15, 0.2) is 24.3 Å². The Hall–Kier alpha value is -0.610. The van der Waals surface area contributed by atoms with Crippen molar-refractivity contribution in [3.05, 3.63) is 34.9 Å². The quantitative estimate of drug-likeness (QED) is 0.825. The van der Waals surface area contributed by atoms with Crippen molar-refractivity contribution in [1.82, 2.24) is 14.7 Å². The maximum Gasteiger partial charge on any atom is 0.0406 e. The molecule has 0 aliphatic carbocycles. The van der Waals surface area contributed by atoms with E-state index in [2.05, 4.69) is 26.8 Å². The summed E-state index contributed by atoms with van der Waals surface area (Å²) >= 11 is 5.95. The van der Waals surface area contributed by atoms with Crippen molar-refractivity contribution in [2.24, 2.45) is 0 Å². The summed E-state index contributed by atoms with van der Waals surface area (Å²) < 4.78 is 0. The smallest absolute Gasteiger partial charge is 0.0406 e. The number of hydrogen-bond acceptors (Lipinski definition) is 3. The maximum absolute atomic E-state index is 5.95. The fourth-order valence-corrected chi connectivity index (χ4v) is 3.61. The predicted octanol–water partition coefficient (Wildman–Crippen LogP) is 2.94. The molecule has 3 rings (SSSR count). The molecule has 0 saturated carbocycles. The summed E-state index contributed by atoms with van der Waals surface area (Å²) in [5, 5.41) is 0.825. The molecule has 4 heteroatoms. The third kappa shape index (κ3) is 4.95. The molecule has 0 amide bonds. The zero-order chi connectivity index (χ0) is 15.2. The zero-order valence-electron chi connectivity index (χ0n) is 13.5. The molecule has 0 radical (unpaired) electrons. The second-order valence-electron chi connectivity index (χ2n) is 6.65. The molecule has 1 aromatic carbocycles. The van der Waals surface area contributed by atoms with E-state index in [1.54, 1.807) is 0 Å². The Kier molecular flexibility index (Phi) is 6.13. The van der Waals surface area contributed by atoms with E-state index in [0.717, 1.165) is 11.6 Å². The average Bonchev–Trinajstić information content (AvgIpc) is 2.57. The first-order valence-electron chi connectivity index (χ1n) is 8.71. The topological polar surface area (TPSA) is 9.72 Å². The fraction of sp³-hybridized carbons (Fsp3) is 0.667. The largest absolute Gasteiger partial charge is 0.302 e. The first kappa shape index (κ1) is 16.3. The summed E-state index contributed by atoms with van der Waals surface area (Å²) in [6.07, 6.45) is 4.23. The molecule has 1 aromatic rings. The summed E-state index contributed by atoms with van der Waals surface area (Å²) in [5.41, 5.74) is 1.37. The van der Waals surface area contributed by atoms with Crippen molar-refractivity contribution >= 4 is 11.6 Å². The number of piperazine rings is 1. The van der Waals surface area contributed by atoms with E-state index in [1.165, 1.54) is 77.2 Å². The Morgan fingerprint density at radius 2 is 1.23 bits per heavy atom. The van der Waals surface area contributed by atoms with E-state index < -0.39 is 0 Å². The van der Waals surface area contributed by atoms with Gasteiger partial charge in [0, 0.05) is 50.8 Å². The van der Waals surface area contributed by atoms with Crippen LogP contribution in [-0.4, -0.2) is 67.1 Å². The molecular formula is C18H28ClN3. The molecule has 0 spiro atoms. The van der Waals surface area contributed by atoms with Crippen LogP contribution in [0.1, 0.15) is 24.8 Å². The van der Waals surface area contributed by atoms with Crippen LogP contribution < -0.4 is 0 Å². The second kappa shape index (κ2) is 8.30. The van der Waals surface area contributed by atoms with Crippen molar-refractivity contribution in [3.8, 4) is 0 Å². The van der Waals surface area contributed by atoms with E-state index in [0.29, 0.717) is 0 Å². The molecule has 2 aliphatic rings. The lowest BCUT2D eigenvalue weighted by molar-refractivity contribution is 0.110. The molecular weight excluding hydrogens is 294 g/mol. The first-order chi connectivity index (χ1) is 10.8. The van der Waals surface area contributed by atoms with Crippen molar-refractivity contribution in [3.63, 3.8) is 0 Å². The minimum atomic E-state index is 0.825. The standard InChI is InChI=1S/C18H28ClN3/c19-18-6-4-17(5-7-18)16-22-14-12-21(13-15-22)11-10-20-8-2-1-3-9-20/h4-7H,1-3,8-16H2. The van der Waals surface area contributed by atoms with Crippen LogP contribution in [0.3, 0.4) is 0 Å². The monoisotopic (exact) mass is 321 g/mol. The molecule has 3 nitrogen and oxygen atoms in total. The number of hydrogen-bond donors (Lipinski definition) is 0. The fourth-order valence-electron chi connectivity index (χ4n) is 3.48. The average molecular weight is 322 g/mol. The molecule has 0 aromatic heterocycles. The Bertz CT molecular complexity index is 434. The van der Waals surface area contributed by atoms with E-state index in [-0.39, 0.29) is 0 Å². The molecule has 22 heavy (non-hydrogen) atoms. The molecule has 2 heterocycles. The van der Waals surface area contributed by atoms with Gasteiger partial charge in [0.1, 0.15) is 0 Å². The zero-order valence-corrected chi connectivity index (χ0v) is 14.3. The van der Waals surface area contributed by atoms with Gasteiger partial charge in [-0.25, -0.2) is 0 Å². The molecule has 0 N–H and O–H groups in total. The van der Waals surface area contributed by atoms with Gasteiger partial charge in [0.15, 0.2) is 0 Å². The van der Waals surface area contributed by atoms with Crippen molar-refractivity contribution in [2.45, 2.75) is 25.8 Å². The first-order valence-corrected chi connectivity index (χ1v) is 9.09. The minimum absolute atomic E-state index is 0.825. The summed E-state index contributed by atoms with van der Waals surface area (Å²) in [5.74, 6) is 0. The Labute approximate surface area is 139 Å². The van der Waals surface area contributed by atoms with Gasteiger partial charge in [-0.2, -0.15) is 0 Å². The highest BCUT2D eigenvalue weighted by molar-refractivity contribution is 6.30. The lowest BCUT2D eigenvalue weighted by atomic mass is 10.1. The molecule has 2 fully saturated rings. The summed E-state index contributed by atoms with van der Waals surface area (Å²) in [4.78, 5) is 7.83. The lowest BCUT2D eigenvalue weighted by Gasteiger charge is -2.36. The highest BCUT2D eigenvalue weighted by atomic mass is 35.5. The molecule has 2 saturated heterocycles. The Morgan fingerprint density at radius 3 is 1.86 bits per heavy atom.